The van der Waals surface area contributed by atoms with Crippen molar-refractivity contribution in [3.8, 4) is 11.5 Å². The number of nitrogens with one attached hydrogen (secondary N) is 1. The minimum atomic E-state index is -0.430. The molecule has 4 N–H and O–H groups in total. The SMILES string of the molecule is Cc1c(C(N)=O)cc(OCC2CCN2C)cc1C1(c2cc(O)cc3c2CCCN3)CC1. The van der Waals surface area contributed by atoms with E-state index in [0.717, 1.165) is 62.0 Å². The number of amides is 1. The molecule has 0 spiro atoms. The molecule has 5 rings (SSSR count). The van der Waals surface area contributed by atoms with E-state index in [1.807, 2.05) is 19.1 Å². The first-order valence-corrected chi connectivity index (χ1v) is 11.3. The second-order valence-corrected chi connectivity index (χ2v) is 9.37. The largest absolute Gasteiger partial charge is 0.508 e. The molecule has 1 amide bonds. The van der Waals surface area contributed by atoms with Gasteiger partial charge in [0.15, 0.2) is 0 Å². The van der Waals surface area contributed by atoms with Crippen molar-refractivity contribution >= 4 is 11.6 Å². The van der Waals surface area contributed by atoms with Gasteiger partial charge in [0.05, 0.1) is 0 Å². The van der Waals surface area contributed by atoms with Crippen LogP contribution in [0.2, 0.25) is 0 Å². The number of carbonyl (C=O) groups excluding carboxylic acids is 1. The molecule has 0 bridgehead atoms. The lowest BCUT2D eigenvalue weighted by atomic mass is 9.79. The summed E-state index contributed by atoms with van der Waals surface area (Å²) in [4.78, 5) is 14.5. The first kappa shape index (κ1) is 20.2. The number of phenolic OH excluding ortho intramolecular Hbond substituents is 1. The van der Waals surface area contributed by atoms with Crippen LogP contribution in [0, 0.1) is 6.92 Å². The third kappa shape index (κ3) is 3.43. The Morgan fingerprint density at radius 1 is 1.29 bits per heavy atom. The summed E-state index contributed by atoms with van der Waals surface area (Å²) in [5.74, 6) is 0.552. The third-order valence-electron chi connectivity index (χ3n) is 7.46. The van der Waals surface area contributed by atoms with E-state index in [0.29, 0.717) is 24.0 Å². The number of nitrogens with two attached hydrogens (primary N) is 1. The number of aromatic hydroxyl groups is 1. The number of nitrogens with zero attached hydrogens (tertiary/aromatic N) is 1. The highest BCUT2D eigenvalue weighted by Gasteiger charge is 2.49. The van der Waals surface area contributed by atoms with Crippen molar-refractivity contribution in [1.82, 2.24) is 4.90 Å². The predicted octanol–water partition coefficient (Wildman–Crippen LogP) is 3.32. The maximum Gasteiger partial charge on any atom is 0.249 e. The van der Waals surface area contributed by atoms with Gasteiger partial charge in [0.25, 0.3) is 0 Å². The lowest BCUT2D eigenvalue weighted by molar-refractivity contribution is 0.0767. The van der Waals surface area contributed by atoms with Crippen molar-refractivity contribution in [2.45, 2.75) is 50.5 Å². The zero-order valence-corrected chi connectivity index (χ0v) is 18.3. The molecule has 2 aromatic carbocycles. The highest BCUT2D eigenvalue weighted by molar-refractivity contribution is 5.95. The Morgan fingerprint density at radius 2 is 2.10 bits per heavy atom. The van der Waals surface area contributed by atoms with Gasteiger partial charge < -0.3 is 20.9 Å². The number of likely N-dealkylation sites (tertiary alicyclic amines) is 1. The van der Waals surface area contributed by atoms with Gasteiger partial charge in [0, 0.05) is 35.3 Å². The fourth-order valence-corrected chi connectivity index (χ4v) is 5.30. The lowest BCUT2D eigenvalue weighted by Crippen LogP contribution is -2.48. The molecule has 31 heavy (non-hydrogen) atoms. The fourth-order valence-electron chi connectivity index (χ4n) is 5.30. The van der Waals surface area contributed by atoms with Gasteiger partial charge in [-0.3, -0.25) is 9.69 Å². The average molecular weight is 422 g/mol. The number of hydrogen-bond donors (Lipinski definition) is 3. The molecule has 2 aliphatic heterocycles. The van der Waals surface area contributed by atoms with Crippen LogP contribution in [0.3, 0.4) is 0 Å². The van der Waals surface area contributed by atoms with Crippen LogP contribution in [0.25, 0.3) is 0 Å². The van der Waals surface area contributed by atoms with Crippen molar-refractivity contribution in [3.63, 3.8) is 0 Å². The molecule has 1 saturated heterocycles. The van der Waals surface area contributed by atoms with Gasteiger partial charge in [0.1, 0.15) is 18.1 Å². The number of likely N-dealkylation sites (N-methyl/N-ethyl adjacent to an activating group) is 1. The maximum absolute atomic E-state index is 12.3. The average Bonchev–Trinajstić information content (AvgIpc) is 3.54. The second-order valence-electron chi connectivity index (χ2n) is 9.37. The van der Waals surface area contributed by atoms with E-state index in [4.69, 9.17) is 10.5 Å². The Labute approximate surface area is 183 Å². The summed E-state index contributed by atoms with van der Waals surface area (Å²) < 4.78 is 6.15. The van der Waals surface area contributed by atoms with Crippen LogP contribution >= 0.6 is 0 Å². The number of carbonyl (C=O) groups is 1. The normalized spacial score (nSPS) is 21.5. The summed E-state index contributed by atoms with van der Waals surface area (Å²) in [6.45, 7) is 4.61. The van der Waals surface area contributed by atoms with E-state index in [2.05, 4.69) is 23.3 Å². The molecule has 0 radical (unpaired) electrons. The van der Waals surface area contributed by atoms with Gasteiger partial charge in [-0.15, -0.1) is 0 Å². The number of benzene rings is 2. The molecule has 1 aliphatic carbocycles. The molecule has 3 aliphatic rings. The summed E-state index contributed by atoms with van der Waals surface area (Å²) in [5, 5.41) is 13.9. The molecule has 6 nitrogen and oxygen atoms in total. The molecule has 1 saturated carbocycles. The zero-order valence-electron chi connectivity index (χ0n) is 18.3. The van der Waals surface area contributed by atoms with Crippen molar-refractivity contribution in [2.24, 2.45) is 5.73 Å². The topological polar surface area (TPSA) is 87.8 Å². The minimum Gasteiger partial charge on any atom is -0.508 e. The lowest BCUT2D eigenvalue weighted by Gasteiger charge is -2.37. The van der Waals surface area contributed by atoms with Crippen LogP contribution in [0.4, 0.5) is 5.69 Å². The maximum atomic E-state index is 12.3. The molecular weight excluding hydrogens is 390 g/mol. The van der Waals surface area contributed by atoms with Crippen molar-refractivity contribution in [3.05, 3.63) is 52.1 Å². The van der Waals surface area contributed by atoms with E-state index in [1.165, 1.54) is 11.1 Å². The number of phenols is 1. The molecule has 1 unspecified atom stereocenters. The quantitative estimate of drug-likeness (QED) is 0.666. The number of anilines is 1. The number of rotatable bonds is 6. The van der Waals surface area contributed by atoms with E-state index in [1.54, 1.807) is 6.07 Å². The Morgan fingerprint density at radius 3 is 2.74 bits per heavy atom. The van der Waals surface area contributed by atoms with E-state index in [9.17, 15) is 9.90 Å². The minimum absolute atomic E-state index is 0.206. The number of fused-ring (bicyclic) bond motifs is 1. The fraction of sp³-hybridized carbons (Fsp3) is 0.480. The van der Waals surface area contributed by atoms with Gasteiger partial charge in [-0.2, -0.15) is 0 Å². The van der Waals surface area contributed by atoms with Crippen molar-refractivity contribution in [2.75, 3.05) is 32.1 Å². The summed E-state index contributed by atoms with van der Waals surface area (Å²) in [7, 11) is 2.10. The van der Waals surface area contributed by atoms with Crippen molar-refractivity contribution in [1.29, 1.82) is 0 Å². The van der Waals surface area contributed by atoms with Crippen molar-refractivity contribution < 1.29 is 14.6 Å². The van der Waals surface area contributed by atoms with Crippen LogP contribution in [0.1, 0.15) is 58.3 Å². The molecule has 6 heteroatoms. The predicted molar refractivity (Wildman–Crippen MR) is 121 cm³/mol. The van der Waals surface area contributed by atoms with Gasteiger partial charge in [0.2, 0.25) is 5.91 Å². The Hall–Kier alpha value is -2.73. The van der Waals surface area contributed by atoms with E-state index < -0.39 is 5.91 Å². The Balaban J connectivity index is 1.58. The first-order valence-electron chi connectivity index (χ1n) is 11.3. The highest BCUT2D eigenvalue weighted by atomic mass is 16.5. The molecule has 164 valence electrons. The molecule has 1 atom stereocenters. The van der Waals surface area contributed by atoms with E-state index >= 15 is 0 Å². The van der Waals surface area contributed by atoms with Crippen LogP contribution in [-0.4, -0.2) is 48.7 Å². The van der Waals surface area contributed by atoms with E-state index in [-0.39, 0.29) is 11.2 Å². The van der Waals surface area contributed by atoms with Gasteiger partial charge in [-0.25, -0.2) is 0 Å². The van der Waals surface area contributed by atoms with Crippen LogP contribution in [0.5, 0.6) is 11.5 Å². The number of ether oxygens (including phenoxy) is 1. The van der Waals surface area contributed by atoms with Gasteiger partial charge in [-0.1, -0.05) is 0 Å². The standard InChI is InChI=1S/C25H31N3O3/c1-15-20(24(26)30)12-18(31-14-16-5-9-28(16)2)13-21(15)25(6-7-25)22-10-17(29)11-23-19(22)4-3-8-27-23/h10-13,16,27,29H,3-9,14H2,1-2H3,(H2,26,30). The molecule has 2 aromatic rings. The Bertz CT molecular complexity index is 1040. The summed E-state index contributed by atoms with van der Waals surface area (Å²) >= 11 is 0. The van der Waals surface area contributed by atoms with Crippen LogP contribution < -0.4 is 15.8 Å². The highest BCUT2D eigenvalue weighted by Crippen LogP contribution is 2.58. The second kappa shape index (κ2) is 7.45. The van der Waals surface area contributed by atoms with Crippen LogP contribution in [-0.2, 0) is 11.8 Å². The molecule has 0 aromatic heterocycles. The molecular formula is C25H31N3O3. The monoisotopic (exact) mass is 421 g/mol. The first-order chi connectivity index (χ1) is 14.9. The molecule has 2 heterocycles. The summed E-state index contributed by atoms with van der Waals surface area (Å²) in [5.41, 5.74) is 11.6. The number of hydrogen-bond acceptors (Lipinski definition) is 5. The zero-order chi connectivity index (χ0) is 21.8. The van der Waals surface area contributed by atoms with Crippen LogP contribution in [0.15, 0.2) is 24.3 Å². The van der Waals surface area contributed by atoms with Gasteiger partial charge in [-0.05, 0) is 93.1 Å². The Kier molecular flexibility index (Phi) is 4.85. The summed E-state index contributed by atoms with van der Waals surface area (Å²) in [6.07, 6.45) is 5.16. The smallest absolute Gasteiger partial charge is 0.249 e. The third-order valence-corrected chi connectivity index (χ3v) is 7.46. The summed E-state index contributed by atoms with van der Waals surface area (Å²) in [6, 6.07) is 8.04. The molecule has 2 fully saturated rings. The van der Waals surface area contributed by atoms with Gasteiger partial charge >= 0.3 is 0 Å². The number of primary amides is 1.